The second-order valence-electron chi connectivity index (χ2n) is 9.65. The highest BCUT2D eigenvalue weighted by atomic mass is 16.5. The molecule has 0 aromatic heterocycles. The summed E-state index contributed by atoms with van der Waals surface area (Å²) in [5.74, 6) is -0.267. The van der Waals surface area contributed by atoms with Gasteiger partial charge < -0.3 is 9.84 Å². The molecule has 2 saturated carbocycles. The Morgan fingerprint density at radius 3 is 2.06 bits per heavy atom. The van der Waals surface area contributed by atoms with Gasteiger partial charge in [0.1, 0.15) is 23.9 Å². The van der Waals surface area contributed by atoms with Gasteiger partial charge in [0.25, 0.3) is 0 Å². The van der Waals surface area contributed by atoms with Crippen molar-refractivity contribution in [1.82, 2.24) is 0 Å². The van der Waals surface area contributed by atoms with Crippen molar-refractivity contribution < 1.29 is 19.4 Å². The molecule has 0 spiro atoms. The minimum atomic E-state index is -1.33. The van der Waals surface area contributed by atoms with E-state index >= 15 is 0 Å². The quantitative estimate of drug-likeness (QED) is 0.504. The summed E-state index contributed by atoms with van der Waals surface area (Å²) in [6, 6.07) is 19.5. The molecular weight excluding hydrogens is 388 g/mol. The van der Waals surface area contributed by atoms with Crippen LogP contribution in [0.5, 0.6) is 0 Å². The monoisotopic (exact) mass is 420 g/mol. The Labute approximate surface area is 184 Å². The minimum absolute atomic E-state index is 0.122. The van der Waals surface area contributed by atoms with Crippen molar-refractivity contribution in [3.63, 3.8) is 0 Å². The fraction of sp³-hybridized carbons (Fsp3) is 0.481. The van der Waals surface area contributed by atoms with Gasteiger partial charge in [-0.2, -0.15) is 0 Å². The second-order valence-corrected chi connectivity index (χ2v) is 9.65. The summed E-state index contributed by atoms with van der Waals surface area (Å²) in [7, 11) is 0. The van der Waals surface area contributed by atoms with Crippen molar-refractivity contribution in [1.29, 1.82) is 0 Å². The molecule has 164 valence electrons. The van der Waals surface area contributed by atoms with Gasteiger partial charge in [-0.1, -0.05) is 81.4 Å². The van der Waals surface area contributed by atoms with Crippen LogP contribution in [-0.2, 0) is 19.9 Å². The largest absolute Gasteiger partial charge is 0.461 e. The summed E-state index contributed by atoms with van der Waals surface area (Å²) in [6.07, 6.45) is 2.10. The van der Waals surface area contributed by atoms with E-state index in [0.717, 1.165) is 24.0 Å². The van der Waals surface area contributed by atoms with E-state index in [-0.39, 0.29) is 17.6 Å². The SMILES string of the molecule is CCC(=O)CC(=O)O[C@@H]1C[C@H]2CC[C@]1(C(O)(c1ccccc1)c1ccccc1)C2(C)C. The van der Waals surface area contributed by atoms with Crippen LogP contribution in [0.3, 0.4) is 0 Å². The number of ketones is 1. The Bertz CT molecular complexity index is 910. The molecule has 0 unspecified atom stereocenters. The fourth-order valence-corrected chi connectivity index (χ4v) is 6.45. The van der Waals surface area contributed by atoms with Crippen LogP contribution in [0.1, 0.15) is 64.0 Å². The van der Waals surface area contributed by atoms with Crippen LogP contribution in [0, 0.1) is 16.7 Å². The Balaban J connectivity index is 1.86. The van der Waals surface area contributed by atoms with Gasteiger partial charge in [0, 0.05) is 11.8 Å². The zero-order chi connectivity index (χ0) is 22.3. The molecule has 0 aliphatic heterocycles. The summed E-state index contributed by atoms with van der Waals surface area (Å²) in [5.41, 5.74) is -0.667. The molecule has 0 heterocycles. The third kappa shape index (κ3) is 3.15. The average molecular weight is 421 g/mol. The summed E-state index contributed by atoms with van der Waals surface area (Å²) < 4.78 is 6.03. The van der Waals surface area contributed by atoms with Gasteiger partial charge in [0.2, 0.25) is 0 Å². The van der Waals surface area contributed by atoms with Crippen LogP contribution in [0.15, 0.2) is 60.7 Å². The zero-order valence-corrected chi connectivity index (χ0v) is 18.6. The van der Waals surface area contributed by atoms with Crippen molar-refractivity contribution in [2.24, 2.45) is 16.7 Å². The van der Waals surface area contributed by atoms with E-state index in [2.05, 4.69) is 13.8 Å². The van der Waals surface area contributed by atoms with Crippen molar-refractivity contribution in [2.75, 3.05) is 0 Å². The third-order valence-electron chi connectivity index (χ3n) is 8.14. The average Bonchev–Trinajstić information content (AvgIpc) is 3.16. The van der Waals surface area contributed by atoms with Crippen molar-refractivity contribution >= 4 is 11.8 Å². The van der Waals surface area contributed by atoms with Crippen LogP contribution in [0.25, 0.3) is 0 Å². The van der Waals surface area contributed by atoms with E-state index in [1.165, 1.54) is 0 Å². The van der Waals surface area contributed by atoms with E-state index in [0.29, 0.717) is 18.8 Å². The van der Waals surface area contributed by atoms with Gasteiger partial charge >= 0.3 is 5.97 Å². The molecule has 0 saturated heterocycles. The molecule has 31 heavy (non-hydrogen) atoms. The number of carbonyl (C=O) groups is 2. The van der Waals surface area contributed by atoms with E-state index in [9.17, 15) is 14.7 Å². The number of benzene rings is 2. The zero-order valence-electron chi connectivity index (χ0n) is 18.6. The molecule has 1 N–H and O–H groups in total. The number of esters is 1. The van der Waals surface area contributed by atoms with Gasteiger partial charge in [-0.05, 0) is 41.7 Å². The topological polar surface area (TPSA) is 63.6 Å². The highest BCUT2D eigenvalue weighted by molar-refractivity contribution is 5.95. The van der Waals surface area contributed by atoms with Crippen LogP contribution >= 0.6 is 0 Å². The van der Waals surface area contributed by atoms with Gasteiger partial charge in [-0.25, -0.2) is 0 Å². The lowest BCUT2D eigenvalue weighted by atomic mass is 9.54. The lowest BCUT2D eigenvalue weighted by molar-refractivity contribution is -0.184. The van der Waals surface area contributed by atoms with Crippen molar-refractivity contribution in [3.05, 3.63) is 71.8 Å². The molecule has 4 nitrogen and oxygen atoms in total. The fourth-order valence-electron chi connectivity index (χ4n) is 6.45. The first-order chi connectivity index (χ1) is 14.8. The first kappa shape index (κ1) is 21.8. The number of hydrogen-bond donors (Lipinski definition) is 1. The summed E-state index contributed by atoms with van der Waals surface area (Å²) in [5, 5.41) is 12.7. The van der Waals surface area contributed by atoms with Gasteiger partial charge in [0.05, 0.1) is 0 Å². The highest BCUT2D eigenvalue weighted by Gasteiger charge is 2.74. The van der Waals surface area contributed by atoms with Crippen LogP contribution in [-0.4, -0.2) is 23.0 Å². The van der Waals surface area contributed by atoms with E-state index in [1.54, 1.807) is 6.92 Å². The first-order valence-electron chi connectivity index (χ1n) is 11.3. The molecule has 4 heteroatoms. The van der Waals surface area contributed by atoms with Crippen LogP contribution in [0.4, 0.5) is 0 Å². The molecule has 2 fully saturated rings. The smallest absolute Gasteiger partial charge is 0.313 e. The number of carbonyl (C=O) groups excluding carboxylic acids is 2. The molecule has 2 aromatic carbocycles. The maximum Gasteiger partial charge on any atom is 0.313 e. The minimum Gasteiger partial charge on any atom is -0.461 e. The van der Waals surface area contributed by atoms with E-state index in [1.807, 2.05) is 60.7 Å². The molecule has 2 aromatic rings. The van der Waals surface area contributed by atoms with Gasteiger partial charge in [0.15, 0.2) is 0 Å². The molecule has 2 aliphatic carbocycles. The number of Topliss-reactive ketones (excluding diaryl/α,β-unsaturated/α-hetero) is 1. The Morgan fingerprint density at radius 2 is 1.58 bits per heavy atom. The van der Waals surface area contributed by atoms with Crippen molar-refractivity contribution in [2.45, 2.75) is 64.6 Å². The second kappa shape index (κ2) is 7.90. The standard InChI is InChI=1S/C27H32O4/c1-4-22(28)18-24(29)31-23-17-21-15-16-26(23,25(21,2)3)27(30,19-11-7-5-8-12-19)20-13-9-6-10-14-20/h5-14,21,23,30H,4,15-18H2,1-3H3/t21-,23-,26-/m1/s1. The number of aliphatic hydroxyl groups is 1. The molecule has 4 rings (SSSR count). The number of rotatable bonds is 7. The molecular formula is C27H32O4. The van der Waals surface area contributed by atoms with Crippen molar-refractivity contribution in [3.8, 4) is 0 Å². The number of fused-ring (bicyclic) bond motifs is 2. The molecule has 2 aliphatic rings. The summed E-state index contributed by atoms with van der Waals surface area (Å²) in [6.45, 7) is 6.15. The first-order valence-corrected chi connectivity index (χ1v) is 11.3. The normalized spacial score (nSPS) is 26.6. The lowest BCUT2D eigenvalue weighted by Gasteiger charge is -2.53. The Morgan fingerprint density at radius 1 is 1.03 bits per heavy atom. The lowest BCUT2D eigenvalue weighted by Crippen LogP contribution is -2.57. The summed E-state index contributed by atoms with van der Waals surface area (Å²) >= 11 is 0. The molecule has 3 atom stereocenters. The summed E-state index contributed by atoms with van der Waals surface area (Å²) in [4.78, 5) is 24.5. The predicted octanol–water partition coefficient (Wildman–Crippen LogP) is 5.03. The Hall–Kier alpha value is -2.46. The maximum atomic E-state index is 12.7. The van der Waals surface area contributed by atoms with Gasteiger partial charge in [-0.3, -0.25) is 9.59 Å². The molecule has 0 amide bonds. The van der Waals surface area contributed by atoms with Crippen LogP contribution in [0.2, 0.25) is 0 Å². The Kier molecular flexibility index (Phi) is 5.55. The third-order valence-corrected chi connectivity index (χ3v) is 8.14. The van der Waals surface area contributed by atoms with E-state index < -0.39 is 23.1 Å². The van der Waals surface area contributed by atoms with Crippen LogP contribution < -0.4 is 0 Å². The highest BCUT2D eigenvalue weighted by Crippen LogP contribution is 2.73. The number of hydrogen-bond acceptors (Lipinski definition) is 4. The molecule has 2 bridgehead atoms. The van der Waals surface area contributed by atoms with Gasteiger partial charge in [-0.15, -0.1) is 0 Å². The maximum absolute atomic E-state index is 12.7. The molecule has 0 radical (unpaired) electrons. The number of ether oxygens (including phenoxy) is 1. The van der Waals surface area contributed by atoms with E-state index in [4.69, 9.17) is 4.74 Å². The predicted molar refractivity (Wildman–Crippen MR) is 119 cm³/mol.